The maximum absolute atomic E-state index is 13.7. The van der Waals surface area contributed by atoms with E-state index in [-0.39, 0.29) is 23.0 Å². The van der Waals surface area contributed by atoms with Gasteiger partial charge in [0.25, 0.3) is 0 Å². The van der Waals surface area contributed by atoms with E-state index in [1.165, 1.54) is 42.6 Å². The van der Waals surface area contributed by atoms with Crippen LogP contribution in [0.2, 0.25) is 0 Å². The molecule has 1 N–H and O–H groups in total. The van der Waals surface area contributed by atoms with Crippen LogP contribution in [0.5, 0.6) is 0 Å². The molecule has 0 saturated carbocycles. The van der Waals surface area contributed by atoms with Gasteiger partial charge >= 0.3 is 5.97 Å². The number of Topliss-reactive ketones (excluding diaryl/α,β-unsaturated/α-hetero) is 1. The SMILES string of the molecule is CCn1c(C)c(C(=O)CN(CCN2CCOCC2)S(=O)(=O)c2ccc(NC(C)=O)cc2)c(C)c1C(=O)OC. The minimum Gasteiger partial charge on any atom is -0.464 e. The van der Waals surface area contributed by atoms with Gasteiger partial charge in [-0.3, -0.25) is 14.5 Å². The zero-order chi connectivity index (χ0) is 28.0. The predicted octanol–water partition coefficient (Wildman–Crippen LogP) is 2.08. The number of rotatable bonds is 11. The molecule has 1 amide bonds. The molecule has 0 atom stereocenters. The fourth-order valence-electron chi connectivity index (χ4n) is 4.72. The number of aromatic nitrogens is 1. The first kappa shape index (κ1) is 29.5. The molecule has 1 aliphatic rings. The van der Waals surface area contributed by atoms with Gasteiger partial charge in [-0.2, -0.15) is 4.31 Å². The Morgan fingerprint density at radius 3 is 2.29 bits per heavy atom. The van der Waals surface area contributed by atoms with E-state index in [1.54, 1.807) is 18.4 Å². The molecule has 3 rings (SSSR count). The summed E-state index contributed by atoms with van der Waals surface area (Å²) in [5.41, 5.74) is 2.12. The van der Waals surface area contributed by atoms with Gasteiger partial charge in [-0.25, -0.2) is 13.2 Å². The zero-order valence-electron chi connectivity index (χ0n) is 22.6. The number of carbonyl (C=O) groups excluding carboxylic acids is 3. The lowest BCUT2D eigenvalue weighted by molar-refractivity contribution is -0.114. The third kappa shape index (κ3) is 6.49. The summed E-state index contributed by atoms with van der Waals surface area (Å²) in [6, 6.07) is 5.83. The Morgan fingerprint density at radius 1 is 1.11 bits per heavy atom. The number of hydrogen-bond donors (Lipinski definition) is 1. The highest BCUT2D eigenvalue weighted by molar-refractivity contribution is 7.89. The number of esters is 1. The zero-order valence-corrected chi connectivity index (χ0v) is 23.4. The van der Waals surface area contributed by atoms with Crippen molar-refractivity contribution in [2.45, 2.75) is 39.1 Å². The van der Waals surface area contributed by atoms with Gasteiger partial charge in [0, 0.05) is 56.6 Å². The number of carbonyl (C=O) groups is 3. The Kier molecular flexibility index (Phi) is 9.82. The molecule has 208 valence electrons. The monoisotopic (exact) mass is 548 g/mol. The maximum atomic E-state index is 13.7. The van der Waals surface area contributed by atoms with E-state index < -0.39 is 28.3 Å². The van der Waals surface area contributed by atoms with Gasteiger partial charge in [-0.15, -0.1) is 0 Å². The van der Waals surface area contributed by atoms with Crippen LogP contribution in [0.4, 0.5) is 5.69 Å². The van der Waals surface area contributed by atoms with Crippen molar-refractivity contribution >= 4 is 33.4 Å². The Labute approximate surface area is 223 Å². The van der Waals surface area contributed by atoms with Gasteiger partial charge in [-0.1, -0.05) is 0 Å². The number of benzene rings is 1. The van der Waals surface area contributed by atoms with Gasteiger partial charge < -0.3 is 19.4 Å². The molecule has 0 aliphatic carbocycles. The molecular formula is C26H36N4O7S. The van der Waals surface area contributed by atoms with Gasteiger partial charge in [0.15, 0.2) is 5.78 Å². The predicted molar refractivity (Wildman–Crippen MR) is 142 cm³/mol. The minimum absolute atomic E-state index is 0.0104. The van der Waals surface area contributed by atoms with Crippen molar-refractivity contribution in [3.05, 3.63) is 46.8 Å². The fourth-order valence-corrected chi connectivity index (χ4v) is 6.11. The lowest BCUT2D eigenvalue weighted by Gasteiger charge is -2.29. The summed E-state index contributed by atoms with van der Waals surface area (Å²) in [5, 5.41) is 2.61. The van der Waals surface area contributed by atoms with E-state index in [4.69, 9.17) is 9.47 Å². The van der Waals surface area contributed by atoms with Crippen LogP contribution >= 0.6 is 0 Å². The third-order valence-corrected chi connectivity index (χ3v) is 8.50. The number of ether oxygens (including phenoxy) is 2. The van der Waals surface area contributed by atoms with Crippen LogP contribution in [0.1, 0.15) is 46.0 Å². The molecule has 0 radical (unpaired) electrons. The summed E-state index contributed by atoms with van der Waals surface area (Å²) < 4.78 is 40.6. The smallest absolute Gasteiger partial charge is 0.354 e. The summed E-state index contributed by atoms with van der Waals surface area (Å²) in [6.07, 6.45) is 0. The fraction of sp³-hybridized carbons (Fsp3) is 0.500. The van der Waals surface area contributed by atoms with Crippen LogP contribution in [0.25, 0.3) is 0 Å². The quantitative estimate of drug-likeness (QED) is 0.334. The number of sulfonamides is 1. The molecular weight excluding hydrogens is 512 g/mol. The lowest BCUT2D eigenvalue weighted by Crippen LogP contribution is -2.44. The molecule has 38 heavy (non-hydrogen) atoms. The molecule has 2 aromatic rings. The summed E-state index contributed by atoms with van der Waals surface area (Å²) in [6.45, 7) is 9.70. The van der Waals surface area contributed by atoms with E-state index in [1.807, 2.05) is 6.92 Å². The van der Waals surface area contributed by atoms with E-state index in [9.17, 15) is 22.8 Å². The van der Waals surface area contributed by atoms with Crippen molar-refractivity contribution in [1.29, 1.82) is 0 Å². The second-order valence-electron chi connectivity index (χ2n) is 9.09. The normalized spacial score (nSPS) is 14.5. The van der Waals surface area contributed by atoms with Crippen molar-refractivity contribution < 1.29 is 32.3 Å². The first-order chi connectivity index (χ1) is 18.0. The second-order valence-corrected chi connectivity index (χ2v) is 11.0. The molecule has 1 fully saturated rings. The molecule has 0 bridgehead atoms. The van der Waals surface area contributed by atoms with Gasteiger partial charge in [0.05, 0.1) is 31.8 Å². The Bertz CT molecular complexity index is 1280. The summed E-state index contributed by atoms with van der Waals surface area (Å²) in [4.78, 5) is 39.5. The number of nitrogens with one attached hydrogen (secondary N) is 1. The van der Waals surface area contributed by atoms with Crippen LogP contribution < -0.4 is 5.32 Å². The highest BCUT2D eigenvalue weighted by Gasteiger charge is 2.31. The number of methoxy groups -OCH3 is 1. The summed E-state index contributed by atoms with van der Waals surface area (Å²) >= 11 is 0. The molecule has 12 heteroatoms. The third-order valence-electron chi connectivity index (χ3n) is 6.64. The maximum Gasteiger partial charge on any atom is 0.354 e. The van der Waals surface area contributed by atoms with Crippen LogP contribution in [0.15, 0.2) is 29.2 Å². The Hall–Kier alpha value is -3.06. The molecule has 1 saturated heterocycles. The Morgan fingerprint density at radius 2 is 1.74 bits per heavy atom. The van der Waals surface area contributed by atoms with Crippen molar-refractivity contribution in [2.24, 2.45) is 0 Å². The average molecular weight is 549 g/mol. The average Bonchev–Trinajstić information content (AvgIpc) is 3.15. The van der Waals surface area contributed by atoms with Crippen LogP contribution in [0.3, 0.4) is 0 Å². The molecule has 0 unspecified atom stereocenters. The van der Waals surface area contributed by atoms with Crippen molar-refractivity contribution in [1.82, 2.24) is 13.8 Å². The van der Waals surface area contributed by atoms with Crippen molar-refractivity contribution in [2.75, 3.05) is 58.4 Å². The second kappa shape index (κ2) is 12.7. The molecule has 2 heterocycles. The van der Waals surface area contributed by atoms with Gasteiger partial charge in [-0.05, 0) is 50.6 Å². The number of nitrogens with zero attached hydrogens (tertiary/aromatic N) is 3. The number of amides is 1. The van der Waals surface area contributed by atoms with Gasteiger partial charge in [0.1, 0.15) is 5.69 Å². The van der Waals surface area contributed by atoms with Crippen molar-refractivity contribution in [3.8, 4) is 0 Å². The topological polar surface area (TPSA) is 127 Å². The van der Waals surface area contributed by atoms with Gasteiger partial charge in [0.2, 0.25) is 15.9 Å². The molecule has 1 aromatic heterocycles. The van der Waals surface area contributed by atoms with E-state index in [0.29, 0.717) is 61.9 Å². The first-order valence-corrected chi connectivity index (χ1v) is 13.9. The standard InChI is InChI=1S/C26H36N4O7S/c1-6-30-19(3)24(18(2)25(30)26(33)36-5)23(32)17-29(12-11-28-13-15-37-16-14-28)38(34,35)22-9-7-21(8-10-22)27-20(4)31/h7-10H,6,11-17H2,1-5H3,(H,27,31). The van der Waals surface area contributed by atoms with E-state index in [2.05, 4.69) is 10.2 Å². The number of ketones is 1. The first-order valence-electron chi connectivity index (χ1n) is 12.5. The largest absolute Gasteiger partial charge is 0.464 e. The summed E-state index contributed by atoms with van der Waals surface area (Å²) in [7, 11) is -2.78. The van der Waals surface area contributed by atoms with E-state index in [0.717, 1.165) is 0 Å². The Balaban J connectivity index is 1.95. The molecule has 1 aromatic carbocycles. The summed E-state index contributed by atoms with van der Waals surface area (Å²) in [5.74, 6) is -1.23. The lowest BCUT2D eigenvalue weighted by atomic mass is 10.1. The molecule has 11 nitrogen and oxygen atoms in total. The van der Waals surface area contributed by atoms with E-state index >= 15 is 0 Å². The number of anilines is 1. The number of morpholine rings is 1. The highest BCUT2D eigenvalue weighted by atomic mass is 32.2. The van der Waals surface area contributed by atoms with Crippen LogP contribution in [-0.2, 0) is 30.8 Å². The number of hydrogen-bond acceptors (Lipinski definition) is 8. The minimum atomic E-state index is -4.06. The molecule has 0 spiro atoms. The highest BCUT2D eigenvalue weighted by Crippen LogP contribution is 2.25. The van der Waals surface area contributed by atoms with Crippen molar-refractivity contribution in [3.63, 3.8) is 0 Å². The molecule has 1 aliphatic heterocycles. The van der Waals surface area contributed by atoms with Crippen LogP contribution in [-0.4, -0.2) is 92.9 Å². The van der Waals surface area contributed by atoms with Crippen LogP contribution in [0, 0.1) is 13.8 Å².